The van der Waals surface area contributed by atoms with Crippen LogP contribution in [0.15, 0.2) is 54.6 Å². The van der Waals surface area contributed by atoms with Gasteiger partial charge in [0, 0.05) is 5.69 Å². The predicted molar refractivity (Wildman–Crippen MR) is 128 cm³/mol. The van der Waals surface area contributed by atoms with Crippen molar-refractivity contribution in [3.8, 4) is 0 Å². The minimum absolute atomic E-state index is 0.0208. The van der Waals surface area contributed by atoms with Crippen molar-refractivity contribution < 1.29 is 29.0 Å². The highest BCUT2D eigenvalue weighted by atomic mass is 32.1. The van der Waals surface area contributed by atoms with E-state index in [0.717, 1.165) is 5.56 Å². The van der Waals surface area contributed by atoms with Crippen LogP contribution in [0.2, 0.25) is 0 Å². The Balaban J connectivity index is 2.16. The smallest absolute Gasteiger partial charge is 0.408 e. The summed E-state index contributed by atoms with van der Waals surface area (Å²) in [5.74, 6) is -2.95. The van der Waals surface area contributed by atoms with E-state index in [1.807, 2.05) is 30.3 Å². The molecule has 2 aromatic rings. The summed E-state index contributed by atoms with van der Waals surface area (Å²) in [5, 5.41) is 13.2. The zero-order valence-corrected chi connectivity index (χ0v) is 19.6. The zero-order chi connectivity index (χ0) is 24.6. The van der Waals surface area contributed by atoms with Crippen molar-refractivity contribution in [1.29, 1.82) is 0 Å². The lowest BCUT2D eigenvalue weighted by Gasteiger charge is -2.23. The highest BCUT2D eigenvalue weighted by molar-refractivity contribution is 7.81. The number of ether oxygens (including phenoxy) is 1. The molecule has 2 rings (SSSR count). The molecule has 0 heterocycles. The van der Waals surface area contributed by atoms with Crippen molar-refractivity contribution in [2.24, 2.45) is 5.92 Å². The molecule has 2 atom stereocenters. The van der Waals surface area contributed by atoms with Gasteiger partial charge >= 0.3 is 12.1 Å². The number of carboxylic acids is 1. The molecule has 0 bridgehead atoms. The van der Waals surface area contributed by atoms with Crippen molar-refractivity contribution in [2.45, 2.75) is 38.0 Å². The highest BCUT2D eigenvalue weighted by Crippen LogP contribution is 2.21. The number of ketones is 1. The van der Waals surface area contributed by atoms with Gasteiger partial charge in [0.2, 0.25) is 5.91 Å². The lowest BCUT2D eigenvalue weighted by molar-refractivity contribution is -0.125. The zero-order valence-electron chi connectivity index (χ0n) is 18.7. The molecule has 2 aromatic carbocycles. The van der Waals surface area contributed by atoms with Gasteiger partial charge in [-0.25, -0.2) is 9.59 Å². The Morgan fingerprint density at radius 2 is 1.70 bits per heavy atom. The Morgan fingerprint density at radius 1 is 1.03 bits per heavy atom. The molecule has 0 aromatic heterocycles. The Kier molecular flexibility index (Phi) is 9.04. The Hall–Kier alpha value is -3.33. The molecule has 8 nitrogen and oxygen atoms in total. The molecule has 0 radical (unpaired) electrons. The summed E-state index contributed by atoms with van der Waals surface area (Å²) in [4.78, 5) is 48.9. The first-order chi connectivity index (χ1) is 15.5. The number of Topliss-reactive ketones (excluding diaryl/α,β-unsaturated/α-hetero) is 1. The molecule has 176 valence electrons. The van der Waals surface area contributed by atoms with Crippen LogP contribution in [0.1, 0.15) is 36.7 Å². The van der Waals surface area contributed by atoms with Crippen molar-refractivity contribution in [3.63, 3.8) is 0 Å². The van der Waals surface area contributed by atoms with Crippen LogP contribution in [0.25, 0.3) is 0 Å². The number of aromatic carboxylic acids is 1. The Morgan fingerprint density at radius 3 is 2.30 bits per heavy atom. The third kappa shape index (κ3) is 8.61. The van der Waals surface area contributed by atoms with Crippen LogP contribution in [0.3, 0.4) is 0 Å². The SMILES string of the molecule is CC(C)(C)OC(=O)NCC(=O)C(S)C(Cc1ccccc1)C(=O)Nc1cccc(C(=O)O)c1. The molecule has 0 aliphatic heterocycles. The third-order valence-electron chi connectivity index (χ3n) is 4.53. The van der Waals surface area contributed by atoms with Crippen molar-refractivity contribution in [1.82, 2.24) is 5.32 Å². The number of alkyl carbamates (subject to hydrolysis) is 1. The van der Waals surface area contributed by atoms with Crippen LogP contribution in [0, 0.1) is 5.92 Å². The number of nitrogens with one attached hydrogen (secondary N) is 2. The van der Waals surface area contributed by atoms with E-state index in [0.29, 0.717) is 0 Å². The van der Waals surface area contributed by atoms with Gasteiger partial charge in [-0.1, -0.05) is 36.4 Å². The first-order valence-electron chi connectivity index (χ1n) is 10.3. The molecule has 3 N–H and O–H groups in total. The standard InChI is InChI=1S/C24H28N2O6S/c1-24(2,3)32-23(31)25-14-19(27)20(33)18(12-15-8-5-4-6-9-15)21(28)26-17-11-7-10-16(13-17)22(29)30/h4-11,13,18,20,33H,12,14H2,1-3H3,(H,25,31)(H,26,28)(H,29,30). The fourth-order valence-corrected chi connectivity index (χ4v) is 3.32. The van der Waals surface area contributed by atoms with E-state index in [2.05, 4.69) is 23.3 Å². The summed E-state index contributed by atoms with van der Waals surface area (Å²) in [7, 11) is 0. The van der Waals surface area contributed by atoms with Gasteiger partial charge in [0.1, 0.15) is 5.60 Å². The number of carboxylic acid groups (broad SMARTS) is 1. The molecule has 0 aliphatic carbocycles. The average molecular weight is 473 g/mol. The number of carbonyl (C=O) groups excluding carboxylic acids is 3. The van der Waals surface area contributed by atoms with E-state index in [-0.39, 0.29) is 24.2 Å². The number of anilines is 1. The summed E-state index contributed by atoms with van der Waals surface area (Å²) in [6, 6.07) is 14.9. The minimum atomic E-state index is -1.12. The van der Waals surface area contributed by atoms with Crippen molar-refractivity contribution in [2.75, 3.05) is 11.9 Å². The van der Waals surface area contributed by atoms with E-state index >= 15 is 0 Å². The fourth-order valence-electron chi connectivity index (χ4n) is 2.98. The molecular weight excluding hydrogens is 444 g/mol. The summed E-state index contributed by atoms with van der Waals surface area (Å²) >= 11 is 4.40. The fraction of sp³-hybridized carbons (Fsp3) is 0.333. The second kappa shape index (κ2) is 11.5. The molecule has 2 unspecified atom stereocenters. The van der Waals surface area contributed by atoms with Gasteiger partial charge in [0.25, 0.3) is 0 Å². The second-order valence-electron chi connectivity index (χ2n) is 8.44. The van der Waals surface area contributed by atoms with E-state index in [9.17, 15) is 19.2 Å². The third-order valence-corrected chi connectivity index (χ3v) is 5.18. The van der Waals surface area contributed by atoms with Gasteiger partial charge in [-0.2, -0.15) is 12.6 Å². The number of thiol groups is 1. The Bertz CT molecular complexity index is 1000. The van der Waals surface area contributed by atoms with Gasteiger partial charge in [-0.05, 0) is 51.0 Å². The van der Waals surface area contributed by atoms with Crippen LogP contribution in [-0.4, -0.2) is 46.3 Å². The van der Waals surface area contributed by atoms with Crippen LogP contribution in [0.5, 0.6) is 0 Å². The molecule has 9 heteroatoms. The van der Waals surface area contributed by atoms with E-state index in [1.165, 1.54) is 18.2 Å². The highest BCUT2D eigenvalue weighted by Gasteiger charge is 2.32. The summed E-state index contributed by atoms with van der Waals surface area (Å²) in [5.41, 5.74) is 0.419. The molecule has 33 heavy (non-hydrogen) atoms. The van der Waals surface area contributed by atoms with Crippen LogP contribution in [-0.2, 0) is 20.7 Å². The Labute approximate surface area is 198 Å². The number of benzene rings is 2. The first-order valence-corrected chi connectivity index (χ1v) is 10.8. The van der Waals surface area contributed by atoms with Gasteiger partial charge < -0.3 is 20.5 Å². The number of amides is 2. The van der Waals surface area contributed by atoms with Crippen LogP contribution < -0.4 is 10.6 Å². The van der Waals surface area contributed by atoms with Crippen LogP contribution >= 0.6 is 12.6 Å². The van der Waals surface area contributed by atoms with Gasteiger partial charge in [0.15, 0.2) is 5.78 Å². The summed E-state index contributed by atoms with van der Waals surface area (Å²) in [6.07, 6.45) is -0.525. The van der Waals surface area contributed by atoms with Crippen molar-refractivity contribution in [3.05, 3.63) is 65.7 Å². The van der Waals surface area contributed by atoms with Gasteiger partial charge in [-0.3, -0.25) is 9.59 Å². The molecule has 0 saturated carbocycles. The van der Waals surface area contributed by atoms with Gasteiger partial charge in [-0.15, -0.1) is 0 Å². The van der Waals surface area contributed by atoms with E-state index in [1.54, 1.807) is 26.8 Å². The maximum absolute atomic E-state index is 13.1. The van der Waals surface area contributed by atoms with E-state index < -0.39 is 40.5 Å². The summed E-state index contributed by atoms with van der Waals surface area (Å²) in [6.45, 7) is 4.76. The average Bonchev–Trinajstić information content (AvgIpc) is 2.75. The number of rotatable bonds is 9. The molecule has 0 saturated heterocycles. The molecule has 2 amide bonds. The molecule has 0 spiro atoms. The lowest BCUT2D eigenvalue weighted by atomic mass is 9.92. The first kappa shape index (κ1) is 25.9. The van der Waals surface area contributed by atoms with Crippen molar-refractivity contribution >= 4 is 42.1 Å². The quantitative estimate of drug-likeness (QED) is 0.414. The topological polar surface area (TPSA) is 122 Å². The monoisotopic (exact) mass is 472 g/mol. The normalized spacial score (nSPS) is 12.8. The molecular formula is C24H28N2O6S. The van der Waals surface area contributed by atoms with E-state index in [4.69, 9.17) is 9.84 Å². The van der Waals surface area contributed by atoms with Gasteiger partial charge in [0.05, 0.1) is 23.3 Å². The minimum Gasteiger partial charge on any atom is -0.478 e. The second-order valence-corrected chi connectivity index (χ2v) is 8.99. The number of hydrogen-bond acceptors (Lipinski definition) is 6. The lowest BCUT2D eigenvalue weighted by Crippen LogP contribution is -2.42. The predicted octanol–water partition coefficient (Wildman–Crippen LogP) is 3.57. The number of carbonyl (C=O) groups is 4. The maximum Gasteiger partial charge on any atom is 0.408 e. The number of hydrogen-bond donors (Lipinski definition) is 4. The van der Waals surface area contributed by atoms with Crippen LogP contribution in [0.4, 0.5) is 10.5 Å². The molecule has 0 fully saturated rings. The largest absolute Gasteiger partial charge is 0.478 e. The molecule has 0 aliphatic rings. The summed E-state index contributed by atoms with van der Waals surface area (Å²) < 4.78 is 5.13. The maximum atomic E-state index is 13.1.